The van der Waals surface area contributed by atoms with Crippen molar-refractivity contribution in [2.75, 3.05) is 19.7 Å². The highest BCUT2D eigenvalue weighted by Crippen LogP contribution is 2.18. The first-order valence-corrected chi connectivity index (χ1v) is 8.08. The van der Waals surface area contributed by atoms with Crippen LogP contribution in [-0.2, 0) is 0 Å². The molecule has 2 rings (SSSR count). The van der Waals surface area contributed by atoms with Gasteiger partial charge in [0, 0.05) is 6.42 Å². The van der Waals surface area contributed by atoms with Crippen LogP contribution < -0.4 is 10.1 Å². The van der Waals surface area contributed by atoms with E-state index < -0.39 is 6.10 Å². The third kappa shape index (κ3) is 5.88. The number of rotatable bonds is 8. The molecule has 22 heavy (non-hydrogen) atoms. The second kappa shape index (κ2) is 9.24. The Bertz CT molecular complexity index is 517. The van der Waals surface area contributed by atoms with Gasteiger partial charge in [0.15, 0.2) is 0 Å². The van der Waals surface area contributed by atoms with Crippen molar-refractivity contribution >= 4 is 0 Å². The van der Waals surface area contributed by atoms with E-state index >= 15 is 0 Å². The first-order valence-electron chi connectivity index (χ1n) is 8.08. The molecule has 1 aliphatic rings. The molecule has 3 N–H and O–H groups in total. The highest BCUT2D eigenvalue weighted by Gasteiger charge is 2.09. The monoisotopic (exact) mass is 301 g/mol. The van der Waals surface area contributed by atoms with Gasteiger partial charge in [0.25, 0.3) is 0 Å². The molecular weight excluding hydrogens is 276 g/mol. The Morgan fingerprint density at radius 1 is 1.27 bits per heavy atom. The first kappa shape index (κ1) is 16.5. The minimum Gasteiger partial charge on any atom is -0.491 e. The molecule has 1 atom stereocenters. The number of ether oxygens (including phenoxy) is 1. The van der Waals surface area contributed by atoms with Gasteiger partial charge in [-0.25, -0.2) is 0 Å². The van der Waals surface area contributed by atoms with Gasteiger partial charge in [-0.2, -0.15) is 5.26 Å². The van der Waals surface area contributed by atoms with E-state index in [4.69, 9.17) is 10.00 Å². The quantitative estimate of drug-likeness (QED) is 0.568. The van der Waals surface area contributed by atoms with Crippen molar-refractivity contribution in [3.05, 3.63) is 41.5 Å². The molecule has 4 nitrogen and oxygen atoms in total. The van der Waals surface area contributed by atoms with Crippen molar-refractivity contribution in [2.45, 2.75) is 38.2 Å². The van der Waals surface area contributed by atoms with Crippen LogP contribution in [0, 0.1) is 11.3 Å². The summed E-state index contributed by atoms with van der Waals surface area (Å²) in [6.45, 7) is 1.97. The molecule has 0 bridgehead atoms. The van der Waals surface area contributed by atoms with Crippen LogP contribution in [0.4, 0.5) is 0 Å². The number of aliphatic hydroxyl groups is 1. The van der Waals surface area contributed by atoms with Crippen LogP contribution in [-0.4, -0.2) is 30.9 Å². The first-order chi connectivity index (χ1) is 10.8. The molecule has 4 heteroatoms. The number of allylic oxidation sites excluding steroid dienone is 1. The summed E-state index contributed by atoms with van der Waals surface area (Å²) in [4.78, 5) is 0. The fourth-order valence-corrected chi connectivity index (χ4v) is 2.62. The van der Waals surface area contributed by atoms with Crippen LogP contribution in [0.5, 0.6) is 5.75 Å². The lowest BCUT2D eigenvalue weighted by Crippen LogP contribution is -2.86. The fourth-order valence-electron chi connectivity index (χ4n) is 2.62. The largest absolute Gasteiger partial charge is 0.491 e. The second-order valence-electron chi connectivity index (χ2n) is 5.77. The average Bonchev–Trinajstić information content (AvgIpc) is 2.58. The van der Waals surface area contributed by atoms with Crippen LogP contribution in [0.1, 0.15) is 37.7 Å². The maximum atomic E-state index is 9.93. The average molecular weight is 301 g/mol. The van der Waals surface area contributed by atoms with Gasteiger partial charge in [-0.15, -0.1) is 0 Å². The smallest absolute Gasteiger partial charge is 0.137 e. The molecule has 0 heterocycles. The Balaban J connectivity index is 1.58. The van der Waals surface area contributed by atoms with Gasteiger partial charge >= 0.3 is 0 Å². The highest BCUT2D eigenvalue weighted by atomic mass is 16.5. The number of aliphatic hydroxyl groups excluding tert-OH is 1. The summed E-state index contributed by atoms with van der Waals surface area (Å²) in [7, 11) is 0. The van der Waals surface area contributed by atoms with Gasteiger partial charge in [-0.1, -0.05) is 11.6 Å². The van der Waals surface area contributed by atoms with Gasteiger partial charge in [0.1, 0.15) is 25.0 Å². The molecule has 1 aromatic rings. The van der Waals surface area contributed by atoms with Gasteiger partial charge in [0.2, 0.25) is 0 Å². The van der Waals surface area contributed by atoms with Crippen molar-refractivity contribution < 1.29 is 15.2 Å². The predicted molar refractivity (Wildman–Crippen MR) is 85.5 cm³/mol. The van der Waals surface area contributed by atoms with Gasteiger partial charge < -0.3 is 15.2 Å². The van der Waals surface area contributed by atoms with E-state index in [0.717, 1.165) is 13.0 Å². The lowest BCUT2D eigenvalue weighted by atomic mass is 9.97. The molecule has 0 spiro atoms. The Morgan fingerprint density at radius 2 is 2.09 bits per heavy atom. The zero-order chi connectivity index (χ0) is 15.6. The molecular formula is C18H25N2O2+. The van der Waals surface area contributed by atoms with E-state index in [-0.39, 0.29) is 6.61 Å². The zero-order valence-corrected chi connectivity index (χ0v) is 13.0. The van der Waals surface area contributed by atoms with Gasteiger partial charge in [-0.3, -0.25) is 0 Å². The SMILES string of the molecule is N#Cc1ccc(OC[C@@H](O)C[NH2+]CCC2=CCCCC2)cc1. The van der Waals surface area contributed by atoms with Gasteiger partial charge in [-0.05, 0) is 49.9 Å². The normalized spacial score (nSPS) is 15.7. The standard InChI is InChI=1S/C18H24N2O2/c19-12-16-6-8-18(9-7-16)22-14-17(21)13-20-11-10-15-4-2-1-3-5-15/h4,6-9,17,20-21H,1-3,5,10-11,13-14H2/p+1/t17-/m0/s1. The molecule has 0 aliphatic heterocycles. The molecule has 1 aromatic carbocycles. The molecule has 0 saturated carbocycles. The van der Waals surface area contributed by atoms with E-state index in [1.54, 1.807) is 29.8 Å². The number of hydrogen-bond acceptors (Lipinski definition) is 3. The number of hydrogen-bond donors (Lipinski definition) is 2. The topological polar surface area (TPSA) is 69.9 Å². The summed E-state index contributed by atoms with van der Waals surface area (Å²) in [5, 5.41) is 20.8. The minimum absolute atomic E-state index is 0.283. The van der Waals surface area contributed by atoms with Crippen LogP contribution in [0.3, 0.4) is 0 Å². The third-order valence-corrected chi connectivity index (χ3v) is 3.92. The molecule has 118 valence electrons. The minimum atomic E-state index is -0.476. The van der Waals surface area contributed by atoms with E-state index in [0.29, 0.717) is 17.9 Å². The number of benzene rings is 1. The maximum absolute atomic E-state index is 9.93. The van der Waals surface area contributed by atoms with E-state index in [2.05, 4.69) is 17.5 Å². The molecule has 0 radical (unpaired) electrons. The van der Waals surface area contributed by atoms with E-state index in [9.17, 15) is 5.11 Å². The summed E-state index contributed by atoms with van der Waals surface area (Å²) in [5.41, 5.74) is 2.18. The van der Waals surface area contributed by atoms with Crippen molar-refractivity contribution in [1.82, 2.24) is 0 Å². The van der Waals surface area contributed by atoms with Crippen LogP contribution in [0.15, 0.2) is 35.9 Å². The zero-order valence-electron chi connectivity index (χ0n) is 13.0. The molecule has 0 amide bonds. The lowest BCUT2D eigenvalue weighted by molar-refractivity contribution is -0.660. The summed E-state index contributed by atoms with van der Waals surface area (Å²) >= 11 is 0. The van der Waals surface area contributed by atoms with Gasteiger partial charge in [0.05, 0.1) is 18.2 Å². The number of nitrogens with zero attached hydrogens (tertiary/aromatic N) is 1. The Hall–Kier alpha value is -1.83. The maximum Gasteiger partial charge on any atom is 0.137 e. The fraction of sp³-hybridized carbons (Fsp3) is 0.500. The number of nitrogens with two attached hydrogens (primary N) is 1. The molecule has 0 aromatic heterocycles. The van der Waals surface area contributed by atoms with Crippen LogP contribution in [0.25, 0.3) is 0 Å². The van der Waals surface area contributed by atoms with Crippen molar-refractivity contribution in [3.8, 4) is 11.8 Å². The Kier molecular flexibility index (Phi) is 6.95. The van der Waals surface area contributed by atoms with E-state index in [1.807, 2.05) is 0 Å². The summed E-state index contributed by atoms with van der Waals surface area (Å²) < 4.78 is 5.52. The predicted octanol–water partition coefficient (Wildman–Crippen LogP) is 1.75. The van der Waals surface area contributed by atoms with E-state index in [1.165, 1.54) is 25.7 Å². The molecule has 0 saturated heterocycles. The third-order valence-electron chi connectivity index (χ3n) is 3.92. The van der Waals surface area contributed by atoms with Crippen molar-refractivity contribution in [1.29, 1.82) is 5.26 Å². The second-order valence-corrected chi connectivity index (χ2v) is 5.77. The Labute approximate surface area is 132 Å². The van der Waals surface area contributed by atoms with Crippen LogP contribution in [0.2, 0.25) is 0 Å². The van der Waals surface area contributed by atoms with Crippen molar-refractivity contribution in [2.24, 2.45) is 0 Å². The number of quaternary nitrogens is 1. The summed E-state index contributed by atoms with van der Waals surface area (Å²) in [5.74, 6) is 0.686. The molecule has 0 fully saturated rings. The van der Waals surface area contributed by atoms with Crippen molar-refractivity contribution in [3.63, 3.8) is 0 Å². The summed E-state index contributed by atoms with van der Waals surface area (Å²) in [6, 6.07) is 9.00. The van der Waals surface area contributed by atoms with Crippen LogP contribution >= 0.6 is 0 Å². The number of nitriles is 1. The summed E-state index contributed by atoms with van der Waals surface area (Å²) in [6.07, 6.45) is 8.17. The lowest BCUT2D eigenvalue weighted by Gasteiger charge is -2.13. The Morgan fingerprint density at radius 3 is 2.77 bits per heavy atom. The highest BCUT2D eigenvalue weighted by molar-refractivity contribution is 5.34. The molecule has 1 aliphatic carbocycles. The molecule has 0 unspecified atom stereocenters.